The molecule has 0 bridgehead atoms. The summed E-state index contributed by atoms with van der Waals surface area (Å²) in [6.45, 7) is 5.33. The Balaban J connectivity index is 2.19. The van der Waals surface area contributed by atoms with E-state index in [0.29, 0.717) is 17.0 Å². The summed E-state index contributed by atoms with van der Waals surface area (Å²) in [7, 11) is 0. The zero-order valence-corrected chi connectivity index (χ0v) is 9.25. The lowest BCUT2D eigenvalue weighted by atomic mass is 10.1. The number of amides is 1. The van der Waals surface area contributed by atoms with Crippen molar-refractivity contribution in [2.45, 2.75) is 33.1 Å². The highest BCUT2D eigenvalue weighted by atomic mass is 16.5. The van der Waals surface area contributed by atoms with Crippen molar-refractivity contribution in [2.24, 2.45) is 0 Å². The maximum absolute atomic E-state index is 12.1. The normalized spacial score (nSPS) is 16.8. The van der Waals surface area contributed by atoms with Crippen LogP contribution >= 0.6 is 0 Å². The van der Waals surface area contributed by atoms with E-state index in [4.69, 9.17) is 4.52 Å². The van der Waals surface area contributed by atoms with Gasteiger partial charge in [-0.2, -0.15) is 0 Å². The molecule has 0 unspecified atom stereocenters. The van der Waals surface area contributed by atoms with Gasteiger partial charge < -0.3 is 9.42 Å². The first-order valence-electron chi connectivity index (χ1n) is 5.42. The molecule has 0 N–H and O–H groups in total. The molecule has 1 aromatic heterocycles. The molecule has 2 heterocycles. The third-order valence-electron chi connectivity index (χ3n) is 2.89. The summed E-state index contributed by atoms with van der Waals surface area (Å²) in [5.74, 6) is 0.703. The molecule has 1 aromatic rings. The van der Waals surface area contributed by atoms with Crippen LogP contribution in [0.1, 0.15) is 41.1 Å². The summed E-state index contributed by atoms with van der Waals surface area (Å²) in [5, 5.41) is 3.81. The van der Waals surface area contributed by atoms with Gasteiger partial charge in [0.1, 0.15) is 11.3 Å². The second-order valence-electron chi connectivity index (χ2n) is 4.05. The van der Waals surface area contributed by atoms with E-state index in [1.165, 1.54) is 6.42 Å². The number of aryl methyl sites for hydroxylation is 2. The number of carbonyl (C=O) groups is 1. The first-order chi connectivity index (χ1) is 7.20. The van der Waals surface area contributed by atoms with E-state index in [2.05, 4.69) is 5.16 Å². The third-order valence-corrected chi connectivity index (χ3v) is 2.89. The van der Waals surface area contributed by atoms with Crippen LogP contribution in [0.4, 0.5) is 0 Å². The van der Waals surface area contributed by atoms with Crippen LogP contribution in [-0.4, -0.2) is 29.1 Å². The van der Waals surface area contributed by atoms with Crippen LogP contribution in [0.5, 0.6) is 0 Å². The molecule has 82 valence electrons. The summed E-state index contributed by atoms with van der Waals surface area (Å²) in [6, 6.07) is 0. The minimum Gasteiger partial charge on any atom is -0.361 e. The molecule has 4 heteroatoms. The van der Waals surface area contributed by atoms with Gasteiger partial charge in [-0.25, -0.2) is 0 Å². The number of nitrogens with zero attached hydrogens (tertiary/aromatic N) is 2. The lowest BCUT2D eigenvalue weighted by Gasteiger charge is -2.26. The number of piperidine rings is 1. The molecule has 1 amide bonds. The number of likely N-dealkylation sites (tertiary alicyclic amines) is 1. The van der Waals surface area contributed by atoms with Crippen molar-refractivity contribution in [1.29, 1.82) is 0 Å². The van der Waals surface area contributed by atoms with Crippen LogP contribution < -0.4 is 0 Å². The van der Waals surface area contributed by atoms with E-state index in [-0.39, 0.29) is 5.91 Å². The number of aromatic nitrogens is 1. The number of hydrogen-bond acceptors (Lipinski definition) is 3. The molecule has 1 saturated heterocycles. The maximum Gasteiger partial charge on any atom is 0.259 e. The fourth-order valence-corrected chi connectivity index (χ4v) is 2.04. The van der Waals surface area contributed by atoms with Crippen LogP contribution in [0, 0.1) is 13.8 Å². The predicted molar refractivity (Wildman–Crippen MR) is 55.7 cm³/mol. The summed E-state index contributed by atoms with van der Waals surface area (Å²) >= 11 is 0. The van der Waals surface area contributed by atoms with Crippen molar-refractivity contribution in [3.05, 3.63) is 17.0 Å². The maximum atomic E-state index is 12.1. The van der Waals surface area contributed by atoms with Crippen LogP contribution in [0.15, 0.2) is 4.52 Å². The first kappa shape index (κ1) is 10.2. The van der Waals surface area contributed by atoms with Gasteiger partial charge in [-0.1, -0.05) is 5.16 Å². The first-order valence-corrected chi connectivity index (χ1v) is 5.42. The second-order valence-corrected chi connectivity index (χ2v) is 4.05. The molecule has 0 radical (unpaired) electrons. The topological polar surface area (TPSA) is 46.3 Å². The summed E-state index contributed by atoms with van der Waals surface area (Å²) in [5.41, 5.74) is 1.35. The Morgan fingerprint density at radius 1 is 1.27 bits per heavy atom. The Hall–Kier alpha value is -1.32. The van der Waals surface area contributed by atoms with E-state index < -0.39 is 0 Å². The van der Waals surface area contributed by atoms with E-state index in [9.17, 15) is 4.79 Å². The summed E-state index contributed by atoms with van der Waals surface area (Å²) in [6.07, 6.45) is 3.44. The third kappa shape index (κ3) is 1.89. The highest BCUT2D eigenvalue weighted by Crippen LogP contribution is 2.18. The number of rotatable bonds is 1. The minimum absolute atomic E-state index is 0.0750. The molecule has 15 heavy (non-hydrogen) atoms. The fourth-order valence-electron chi connectivity index (χ4n) is 2.04. The summed E-state index contributed by atoms with van der Waals surface area (Å²) < 4.78 is 5.01. The largest absolute Gasteiger partial charge is 0.361 e. The SMILES string of the molecule is Cc1noc(C)c1C(=O)N1CCCCC1. The van der Waals surface area contributed by atoms with Crippen LogP contribution in [0.25, 0.3) is 0 Å². The molecular weight excluding hydrogens is 192 g/mol. The molecular formula is C11H16N2O2. The molecule has 0 atom stereocenters. The smallest absolute Gasteiger partial charge is 0.259 e. The second kappa shape index (κ2) is 4.04. The summed E-state index contributed by atoms with van der Waals surface area (Å²) in [4.78, 5) is 14.0. The van der Waals surface area contributed by atoms with Gasteiger partial charge in [-0.15, -0.1) is 0 Å². The molecule has 0 aliphatic carbocycles. The van der Waals surface area contributed by atoms with Gasteiger partial charge >= 0.3 is 0 Å². The van der Waals surface area contributed by atoms with E-state index in [1.54, 1.807) is 6.92 Å². The monoisotopic (exact) mass is 208 g/mol. The molecule has 1 aliphatic rings. The van der Waals surface area contributed by atoms with Crippen LogP contribution in [-0.2, 0) is 0 Å². The van der Waals surface area contributed by atoms with Gasteiger partial charge in [0, 0.05) is 13.1 Å². The molecule has 4 nitrogen and oxygen atoms in total. The van der Waals surface area contributed by atoms with Crippen LogP contribution in [0.3, 0.4) is 0 Å². The minimum atomic E-state index is 0.0750. The van der Waals surface area contributed by atoms with Crippen molar-refractivity contribution >= 4 is 5.91 Å². The molecule has 2 rings (SSSR count). The Kier molecular flexibility index (Phi) is 2.75. The lowest BCUT2D eigenvalue weighted by Crippen LogP contribution is -2.36. The quantitative estimate of drug-likeness (QED) is 0.708. The van der Waals surface area contributed by atoms with E-state index >= 15 is 0 Å². The van der Waals surface area contributed by atoms with Crippen molar-refractivity contribution < 1.29 is 9.32 Å². The fraction of sp³-hybridized carbons (Fsp3) is 0.636. The van der Waals surface area contributed by atoms with Gasteiger partial charge in [0.25, 0.3) is 5.91 Å². The van der Waals surface area contributed by atoms with Gasteiger partial charge in [0.2, 0.25) is 0 Å². The molecule has 1 fully saturated rings. The van der Waals surface area contributed by atoms with Gasteiger partial charge in [-0.05, 0) is 33.1 Å². The Bertz CT molecular complexity index is 345. The van der Waals surface area contributed by atoms with Crippen molar-refractivity contribution in [2.75, 3.05) is 13.1 Å². The predicted octanol–water partition coefficient (Wildman–Crippen LogP) is 1.92. The molecule has 0 spiro atoms. The standard InChI is InChI=1S/C11H16N2O2/c1-8-10(9(2)15-12-8)11(14)13-6-4-3-5-7-13/h3-7H2,1-2H3. The zero-order chi connectivity index (χ0) is 10.8. The zero-order valence-electron chi connectivity index (χ0n) is 9.25. The number of carbonyl (C=O) groups excluding carboxylic acids is 1. The molecule has 0 saturated carbocycles. The Labute approximate surface area is 89.2 Å². The van der Waals surface area contributed by atoms with Gasteiger partial charge in [0.05, 0.1) is 5.69 Å². The van der Waals surface area contributed by atoms with E-state index in [0.717, 1.165) is 25.9 Å². The molecule has 1 aliphatic heterocycles. The van der Waals surface area contributed by atoms with Gasteiger partial charge in [0.15, 0.2) is 0 Å². The average Bonchev–Trinajstić information content (AvgIpc) is 2.59. The Morgan fingerprint density at radius 2 is 1.93 bits per heavy atom. The van der Waals surface area contributed by atoms with E-state index in [1.807, 2.05) is 11.8 Å². The Morgan fingerprint density at radius 3 is 2.47 bits per heavy atom. The van der Waals surface area contributed by atoms with Crippen molar-refractivity contribution in [3.63, 3.8) is 0 Å². The van der Waals surface area contributed by atoms with Gasteiger partial charge in [-0.3, -0.25) is 4.79 Å². The average molecular weight is 208 g/mol. The van der Waals surface area contributed by atoms with Crippen molar-refractivity contribution in [1.82, 2.24) is 10.1 Å². The highest BCUT2D eigenvalue weighted by Gasteiger charge is 2.24. The molecule has 0 aromatic carbocycles. The van der Waals surface area contributed by atoms with Crippen molar-refractivity contribution in [3.8, 4) is 0 Å². The highest BCUT2D eigenvalue weighted by molar-refractivity contribution is 5.96. The lowest BCUT2D eigenvalue weighted by molar-refractivity contribution is 0.0722. The number of hydrogen-bond donors (Lipinski definition) is 0. The van der Waals surface area contributed by atoms with Crippen LogP contribution in [0.2, 0.25) is 0 Å².